The number of nitrogens with one attached hydrogen (secondary N) is 1. The van der Waals surface area contributed by atoms with E-state index in [0.29, 0.717) is 12.4 Å². The van der Waals surface area contributed by atoms with Gasteiger partial charge in [0.15, 0.2) is 5.82 Å². The largest absolute Gasteiger partial charge is 0.469 e. The molecule has 1 aliphatic heterocycles. The molecule has 140 valence electrons. The fourth-order valence-electron chi connectivity index (χ4n) is 3.02. The van der Waals surface area contributed by atoms with Crippen LogP contribution in [0, 0.1) is 0 Å². The molecular formula is C17H22N4O4S. The molecule has 0 radical (unpaired) electrons. The van der Waals surface area contributed by atoms with Crippen LogP contribution in [-0.2, 0) is 25.9 Å². The zero-order valence-electron chi connectivity index (χ0n) is 14.6. The van der Waals surface area contributed by atoms with Gasteiger partial charge in [-0.1, -0.05) is 30.3 Å². The molecule has 26 heavy (non-hydrogen) atoms. The summed E-state index contributed by atoms with van der Waals surface area (Å²) in [4.78, 5) is 11.3. The van der Waals surface area contributed by atoms with Crippen LogP contribution in [0.4, 0.5) is 0 Å². The molecule has 0 aliphatic carbocycles. The third kappa shape index (κ3) is 4.10. The SMILES string of the molecule is COC(=O)CCS(=O)(=O)c1nnc(C2CCCN2)n1Cc1ccccc1. The van der Waals surface area contributed by atoms with Crippen molar-refractivity contribution in [2.45, 2.75) is 37.0 Å². The summed E-state index contributed by atoms with van der Waals surface area (Å²) >= 11 is 0. The highest BCUT2D eigenvalue weighted by Gasteiger charge is 2.30. The van der Waals surface area contributed by atoms with Gasteiger partial charge < -0.3 is 10.1 Å². The third-order valence-corrected chi connectivity index (χ3v) is 5.98. The number of benzene rings is 1. The molecule has 1 atom stereocenters. The molecule has 0 spiro atoms. The first kappa shape index (κ1) is 18.5. The summed E-state index contributed by atoms with van der Waals surface area (Å²) in [6.45, 7) is 1.22. The maximum atomic E-state index is 12.7. The van der Waals surface area contributed by atoms with Crippen molar-refractivity contribution >= 4 is 15.8 Å². The van der Waals surface area contributed by atoms with E-state index in [9.17, 15) is 13.2 Å². The second kappa shape index (κ2) is 7.96. The number of hydrogen-bond acceptors (Lipinski definition) is 7. The molecule has 1 fully saturated rings. The zero-order chi connectivity index (χ0) is 18.6. The minimum atomic E-state index is -3.76. The van der Waals surface area contributed by atoms with Gasteiger partial charge in [0, 0.05) is 0 Å². The Labute approximate surface area is 152 Å². The first-order valence-corrected chi connectivity index (χ1v) is 10.2. The van der Waals surface area contributed by atoms with Gasteiger partial charge in [-0.2, -0.15) is 0 Å². The number of carbonyl (C=O) groups excluding carboxylic acids is 1. The number of hydrogen-bond donors (Lipinski definition) is 1. The molecule has 1 N–H and O–H groups in total. The maximum absolute atomic E-state index is 12.7. The molecule has 1 unspecified atom stereocenters. The molecule has 1 aromatic carbocycles. The highest BCUT2D eigenvalue weighted by molar-refractivity contribution is 7.91. The van der Waals surface area contributed by atoms with E-state index in [0.717, 1.165) is 24.9 Å². The Kier molecular flexibility index (Phi) is 5.67. The summed E-state index contributed by atoms with van der Waals surface area (Å²) in [5, 5.41) is 11.4. The normalized spacial score (nSPS) is 17.3. The molecule has 2 heterocycles. The fraction of sp³-hybridized carbons (Fsp3) is 0.471. The lowest BCUT2D eigenvalue weighted by atomic mass is 10.2. The quantitative estimate of drug-likeness (QED) is 0.719. The second-order valence-corrected chi connectivity index (χ2v) is 8.21. The number of methoxy groups -OCH3 is 1. The first-order chi connectivity index (χ1) is 12.5. The lowest BCUT2D eigenvalue weighted by molar-refractivity contribution is -0.140. The van der Waals surface area contributed by atoms with Crippen LogP contribution < -0.4 is 5.32 Å². The topological polar surface area (TPSA) is 103 Å². The summed E-state index contributed by atoms with van der Waals surface area (Å²) < 4.78 is 31.7. The highest BCUT2D eigenvalue weighted by atomic mass is 32.2. The number of rotatable bonds is 7. The van der Waals surface area contributed by atoms with Gasteiger partial charge in [-0.25, -0.2) is 8.42 Å². The van der Waals surface area contributed by atoms with Crippen LogP contribution in [0.3, 0.4) is 0 Å². The predicted octanol–water partition coefficient (Wildman–Crippen LogP) is 1.09. The highest BCUT2D eigenvalue weighted by Crippen LogP contribution is 2.25. The van der Waals surface area contributed by atoms with Gasteiger partial charge in [-0.05, 0) is 24.9 Å². The first-order valence-electron chi connectivity index (χ1n) is 8.51. The summed E-state index contributed by atoms with van der Waals surface area (Å²) in [5.74, 6) is -0.312. The van der Waals surface area contributed by atoms with E-state index in [1.54, 1.807) is 4.57 Å². The van der Waals surface area contributed by atoms with Crippen molar-refractivity contribution < 1.29 is 17.9 Å². The van der Waals surface area contributed by atoms with Gasteiger partial charge in [-0.3, -0.25) is 9.36 Å². The van der Waals surface area contributed by atoms with Gasteiger partial charge in [-0.15, -0.1) is 10.2 Å². The van der Waals surface area contributed by atoms with Crippen LogP contribution in [0.5, 0.6) is 0 Å². The van der Waals surface area contributed by atoms with Crippen molar-refractivity contribution in [3.8, 4) is 0 Å². The number of esters is 1. The number of carbonyl (C=O) groups is 1. The van der Waals surface area contributed by atoms with E-state index in [-0.39, 0.29) is 23.4 Å². The van der Waals surface area contributed by atoms with Crippen molar-refractivity contribution in [2.24, 2.45) is 0 Å². The van der Waals surface area contributed by atoms with E-state index >= 15 is 0 Å². The lowest BCUT2D eigenvalue weighted by Gasteiger charge is -2.14. The Balaban J connectivity index is 1.95. The molecule has 1 aliphatic rings. The van der Waals surface area contributed by atoms with E-state index in [1.807, 2.05) is 30.3 Å². The molecule has 8 nitrogen and oxygen atoms in total. The summed E-state index contributed by atoms with van der Waals surface area (Å²) in [5.41, 5.74) is 0.955. The van der Waals surface area contributed by atoms with Gasteiger partial charge in [0.1, 0.15) is 0 Å². The van der Waals surface area contributed by atoms with Crippen molar-refractivity contribution in [2.75, 3.05) is 19.4 Å². The summed E-state index contributed by atoms with van der Waals surface area (Å²) in [6, 6.07) is 9.55. The van der Waals surface area contributed by atoms with Crippen LogP contribution in [-0.4, -0.2) is 48.6 Å². The number of aromatic nitrogens is 3. The van der Waals surface area contributed by atoms with Gasteiger partial charge >= 0.3 is 5.97 Å². The second-order valence-electron chi connectivity index (χ2n) is 6.21. The molecule has 0 saturated carbocycles. The Hall–Kier alpha value is -2.26. The van der Waals surface area contributed by atoms with E-state index in [4.69, 9.17) is 0 Å². The Morgan fingerprint density at radius 2 is 2.08 bits per heavy atom. The van der Waals surface area contributed by atoms with Crippen LogP contribution in [0.15, 0.2) is 35.5 Å². The molecule has 9 heteroatoms. The Bertz CT molecular complexity index is 858. The molecule has 0 bridgehead atoms. The maximum Gasteiger partial charge on any atom is 0.306 e. The molecule has 0 amide bonds. The third-order valence-electron chi connectivity index (χ3n) is 4.38. The fourth-order valence-corrected chi connectivity index (χ4v) is 4.30. The molecule has 3 rings (SSSR count). The van der Waals surface area contributed by atoms with Crippen LogP contribution in [0.25, 0.3) is 0 Å². The average Bonchev–Trinajstić information content (AvgIpc) is 3.30. The monoisotopic (exact) mass is 378 g/mol. The smallest absolute Gasteiger partial charge is 0.306 e. The van der Waals surface area contributed by atoms with Crippen molar-refractivity contribution in [3.63, 3.8) is 0 Å². The molecule has 2 aromatic rings. The van der Waals surface area contributed by atoms with E-state index in [2.05, 4.69) is 20.3 Å². The zero-order valence-corrected chi connectivity index (χ0v) is 15.4. The van der Waals surface area contributed by atoms with Gasteiger partial charge in [0.2, 0.25) is 15.0 Å². The lowest BCUT2D eigenvalue weighted by Crippen LogP contribution is -2.22. The standard InChI is InChI=1S/C17H22N4O4S/c1-25-15(22)9-11-26(23,24)17-20-19-16(14-8-5-10-18-14)21(17)12-13-6-3-2-4-7-13/h2-4,6-7,14,18H,5,8-12H2,1H3. The summed E-state index contributed by atoms with van der Waals surface area (Å²) in [6.07, 6.45) is 1.68. The number of nitrogens with zero attached hydrogens (tertiary/aromatic N) is 3. The van der Waals surface area contributed by atoms with Crippen LogP contribution in [0.2, 0.25) is 0 Å². The van der Waals surface area contributed by atoms with E-state index < -0.39 is 15.8 Å². The Morgan fingerprint density at radius 1 is 1.31 bits per heavy atom. The van der Waals surface area contributed by atoms with E-state index in [1.165, 1.54) is 7.11 Å². The average molecular weight is 378 g/mol. The van der Waals surface area contributed by atoms with Crippen LogP contribution in [0.1, 0.15) is 36.7 Å². The minimum Gasteiger partial charge on any atom is -0.469 e. The molecule has 1 saturated heterocycles. The van der Waals surface area contributed by atoms with Crippen LogP contribution >= 0.6 is 0 Å². The summed E-state index contributed by atoms with van der Waals surface area (Å²) in [7, 11) is -2.53. The van der Waals surface area contributed by atoms with Crippen molar-refractivity contribution in [3.05, 3.63) is 41.7 Å². The van der Waals surface area contributed by atoms with Gasteiger partial charge in [0.05, 0.1) is 31.9 Å². The minimum absolute atomic E-state index is 0.0178. The number of sulfone groups is 1. The Morgan fingerprint density at radius 3 is 2.73 bits per heavy atom. The van der Waals surface area contributed by atoms with Gasteiger partial charge in [0.25, 0.3) is 0 Å². The molecular weight excluding hydrogens is 356 g/mol. The van der Waals surface area contributed by atoms with Crippen molar-refractivity contribution in [1.82, 2.24) is 20.1 Å². The predicted molar refractivity (Wildman–Crippen MR) is 94.2 cm³/mol. The molecule has 1 aromatic heterocycles. The van der Waals surface area contributed by atoms with Crippen molar-refractivity contribution in [1.29, 1.82) is 0 Å². The number of ether oxygens (including phenoxy) is 1.